The maximum Gasteiger partial charge on any atom is 0.259 e. The molecular weight excluding hydrogens is 420 g/mol. The highest BCUT2D eigenvalue weighted by atomic mass is 35.5. The van der Waals surface area contributed by atoms with E-state index in [1.165, 1.54) is 11.3 Å². The third-order valence-corrected chi connectivity index (χ3v) is 5.30. The highest BCUT2D eigenvalue weighted by Gasteiger charge is 2.16. The number of benzene rings is 3. The molecule has 0 aliphatic carbocycles. The van der Waals surface area contributed by atoms with Crippen molar-refractivity contribution in [3.8, 4) is 10.6 Å². The molecule has 0 radical (unpaired) electrons. The van der Waals surface area contributed by atoms with Crippen molar-refractivity contribution >= 4 is 45.6 Å². The number of amides is 2. The Labute approximate surface area is 181 Å². The Hall–Kier alpha value is -3.55. The van der Waals surface area contributed by atoms with E-state index in [9.17, 15) is 9.59 Å². The minimum absolute atomic E-state index is 0.310. The Balaban J connectivity index is 1.51. The molecule has 3 aromatic carbocycles. The minimum atomic E-state index is -0.396. The summed E-state index contributed by atoms with van der Waals surface area (Å²) >= 11 is 7.23. The van der Waals surface area contributed by atoms with Crippen LogP contribution in [0.5, 0.6) is 0 Å². The van der Waals surface area contributed by atoms with Gasteiger partial charge in [0.05, 0.1) is 11.3 Å². The van der Waals surface area contributed by atoms with Crippen LogP contribution in [0.15, 0.2) is 78.9 Å². The van der Waals surface area contributed by atoms with Crippen LogP contribution in [0.1, 0.15) is 20.7 Å². The van der Waals surface area contributed by atoms with Gasteiger partial charge in [0.1, 0.15) is 5.01 Å². The molecule has 148 valence electrons. The fraction of sp³-hybridized carbons (Fsp3) is 0. The monoisotopic (exact) mass is 434 g/mol. The van der Waals surface area contributed by atoms with E-state index < -0.39 is 5.91 Å². The number of nitrogens with zero attached hydrogens (tertiary/aromatic N) is 2. The maximum atomic E-state index is 12.8. The topological polar surface area (TPSA) is 84.0 Å². The summed E-state index contributed by atoms with van der Waals surface area (Å²) in [6, 6.07) is 22.9. The molecule has 0 aliphatic heterocycles. The number of halogens is 1. The maximum absolute atomic E-state index is 12.8. The van der Waals surface area contributed by atoms with E-state index in [2.05, 4.69) is 20.8 Å². The third kappa shape index (κ3) is 4.53. The molecule has 1 aromatic heterocycles. The zero-order valence-electron chi connectivity index (χ0n) is 15.5. The van der Waals surface area contributed by atoms with E-state index >= 15 is 0 Å². The number of aromatic nitrogens is 2. The smallest absolute Gasteiger partial charge is 0.259 e. The molecule has 4 aromatic rings. The van der Waals surface area contributed by atoms with Crippen LogP contribution in [0.4, 0.5) is 10.8 Å². The van der Waals surface area contributed by atoms with E-state index in [0.29, 0.717) is 32.0 Å². The first-order chi connectivity index (χ1) is 14.6. The molecule has 30 heavy (non-hydrogen) atoms. The molecule has 6 nitrogen and oxygen atoms in total. The summed E-state index contributed by atoms with van der Waals surface area (Å²) in [6.07, 6.45) is 0. The molecule has 8 heteroatoms. The van der Waals surface area contributed by atoms with Gasteiger partial charge in [0, 0.05) is 16.1 Å². The second-order valence-electron chi connectivity index (χ2n) is 6.24. The summed E-state index contributed by atoms with van der Waals surface area (Å²) in [5.74, 6) is -0.757. The van der Waals surface area contributed by atoms with Crippen LogP contribution in [-0.2, 0) is 0 Å². The van der Waals surface area contributed by atoms with Crippen LogP contribution in [-0.4, -0.2) is 22.0 Å². The van der Waals surface area contributed by atoms with Crippen molar-refractivity contribution in [2.75, 3.05) is 10.6 Å². The molecule has 0 saturated heterocycles. The average Bonchev–Trinajstić information content (AvgIpc) is 3.23. The lowest BCUT2D eigenvalue weighted by Gasteiger charge is -2.10. The molecule has 0 fully saturated rings. The Morgan fingerprint density at radius 1 is 0.800 bits per heavy atom. The predicted molar refractivity (Wildman–Crippen MR) is 119 cm³/mol. The second-order valence-corrected chi connectivity index (χ2v) is 7.66. The Morgan fingerprint density at radius 2 is 1.57 bits per heavy atom. The van der Waals surface area contributed by atoms with Crippen LogP contribution in [0, 0.1) is 0 Å². The number of anilines is 2. The normalized spacial score (nSPS) is 10.4. The number of carbonyl (C=O) groups excluding carboxylic acids is 2. The molecular formula is C22H15ClN4O2S. The molecule has 0 atom stereocenters. The highest BCUT2D eigenvalue weighted by molar-refractivity contribution is 7.18. The minimum Gasteiger partial charge on any atom is -0.321 e. The molecule has 1 heterocycles. The Kier molecular flexibility index (Phi) is 5.83. The lowest BCUT2D eigenvalue weighted by atomic mass is 10.1. The van der Waals surface area contributed by atoms with Crippen molar-refractivity contribution < 1.29 is 9.59 Å². The summed E-state index contributed by atoms with van der Waals surface area (Å²) in [6.45, 7) is 0. The highest BCUT2D eigenvalue weighted by Crippen LogP contribution is 2.27. The van der Waals surface area contributed by atoms with Crippen molar-refractivity contribution in [2.45, 2.75) is 0 Å². The second kappa shape index (κ2) is 8.86. The molecule has 0 spiro atoms. The molecule has 0 unspecified atom stereocenters. The van der Waals surface area contributed by atoms with Gasteiger partial charge in [-0.1, -0.05) is 71.5 Å². The zero-order chi connectivity index (χ0) is 20.9. The van der Waals surface area contributed by atoms with E-state index in [1.807, 2.05) is 30.3 Å². The lowest BCUT2D eigenvalue weighted by molar-refractivity contribution is 0.102. The van der Waals surface area contributed by atoms with E-state index in [0.717, 1.165) is 5.56 Å². The number of carbonyl (C=O) groups is 2. The summed E-state index contributed by atoms with van der Waals surface area (Å²) < 4.78 is 0. The number of rotatable bonds is 5. The quantitative estimate of drug-likeness (QED) is 0.442. The fourth-order valence-electron chi connectivity index (χ4n) is 2.75. The van der Waals surface area contributed by atoms with Crippen LogP contribution in [0.3, 0.4) is 0 Å². The van der Waals surface area contributed by atoms with Gasteiger partial charge in [-0.3, -0.25) is 14.9 Å². The molecule has 2 N–H and O–H groups in total. The lowest BCUT2D eigenvalue weighted by Crippen LogP contribution is -2.18. The van der Waals surface area contributed by atoms with Crippen molar-refractivity contribution in [1.29, 1.82) is 0 Å². The van der Waals surface area contributed by atoms with Crippen LogP contribution >= 0.6 is 22.9 Å². The Bertz CT molecular complexity index is 1210. The van der Waals surface area contributed by atoms with Crippen LogP contribution < -0.4 is 10.6 Å². The number of para-hydroxylation sites is 1. The number of nitrogens with one attached hydrogen (secondary N) is 2. The van der Waals surface area contributed by atoms with Gasteiger partial charge >= 0.3 is 0 Å². The van der Waals surface area contributed by atoms with E-state index in [-0.39, 0.29) is 5.91 Å². The summed E-state index contributed by atoms with van der Waals surface area (Å²) in [5.41, 5.74) is 2.01. The molecule has 0 saturated carbocycles. The van der Waals surface area contributed by atoms with Crippen LogP contribution in [0.2, 0.25) is 5.02 Å². The fourth-order valence-corrected chi connectivity index (χ4v) is 3.68. The van der Waals surface area contributed by atoms with Gasteiger partial charge < -0.3 is 5.32 Å². The van der Waals surface area contributed by atoms with E-state index in [1.54, 1.807) is 48.5 Å². The number of hydrogen-bond acceptors (Lipinski definition) is 5. The summed E-state index contributed by atoms with van der Waals surface area (Å²) in [5, 5.41) is 15.2. The predicted octanol–water partition coefficient (Wildman–Crippen LogP) is 5.36. The summed E-state index contributed by atoms with van der Waals surface area (Å²) in [7, 11) is 0. The van der Waals surface area contributed by atoms with Gasteiger partial charge in [-0.15, -0.1) is 10.2 Å². The van der Waals surface area contributed by atoms with Gasteiger partial charge in [-0.2, -0.15) is 0 Å². The molecule has 0 aliphatic rings. The van der Waals surface area contributed by atoms with Gasteiger partial charge in [0.25, 0.3) is 11.8 Å². The standard InChI is InChI=1S/C22H15ClN4O2S/c23-16-10-6-9-15(13-16)19(28)24-18-12-5-4-11-17(18)20(29)25-22-27-26-21(30-22)14-7-2-1-3-8-14/h1-13H,(H,24,28)(H,25,27,29). The van der Waals surface area contributed by atoms with Gasteiger partial charge in [-0.25, -0.2) is 0 Å². The average molecular weight is 435 g/mol. The first kappa shape index (κ1) is 19.8. The van der Waals surface area contributed by atoms with Crippen molar-refractivity contribution in [1.82, 2.24) is 10.2 Å². The molecule has 2 amide bonds. The first-order valence-electron chi connectivity index (χ1n) is 8.96. The summed E-state index contributed by atoms with van der Waals surface area (Å²) in [4.78, 5) is 25.3. The van der Waals surface area contributed by atoms with Gasteiger partial charge in [-0.05, 0) is 30.3 Å². The van der Waals surface area contributed by atoms with Crippen molar-refractivity contribution in [2.24, 2.45) is 0 Å². The zero-order valence-corrected chi connectivity index (χ0v) is 17.1. The van der Waals surface area contributed by atoms with Crippen LogP contribution in [0.25, 0.3) is 10.6 Å². The molecule has 4 rings (SSSR count). The number of hydrogen-bond donors (Lipinski definition) is 2. The first-order valence-corrected chi connectivity index (χ1v) is 10.2. The Morgan fingerprint density at radius 3 is 2.37 bits per heavy atom. The van der Waals surface area contributed by atoms with Gasteiger partial charge in [0.15, 0.2) is 0 Å². The van der Waals surface area contributed by atoms with Gasteiger partial charge in [0.2, 0.25) is 5.13 Å². The molecule has 0 bridgehead atoms. The third-order valence-electron chi connectivity index (χ3n) is 4.17. The van der Waals surface area contributed by atoms with Crippen molar-refractivity contribution in [3.63, 3.8) is 0 Å². The largest absolute Gasteiger partial charge is 0.321 e. The van der Waals surface area contributed by atoms with E-state index in [4.69, 9.17) is 11.6 Å². The van der Waals surface area contributed by atoms with Crippen molar-refractivity contribution in [3.05, 3.63) is 95.0 Å². The SMILES string of the molecule is O=C(Nc1ccccc1C(=O)Nc1nnc(-c2ccccc2)s1)c1cccc(Cl)c1.